The van der Waals surface area contributed by atoms with Gasteiger partial charge in [0.1, 0.15) is 0 Å². The Labute approximate surface area is 142 Å². The quantitative estimate of drug-likeness (QED) is 0.207. The minimum absolute atomic E-state index is 0.0675. The lowest BCUT2D eigenvalue weighted by Gasteiger charge is -2.05. The Kier molecular flexibility index (Phi) is 17.0. The molecule has 0 bridgehead atoms. The molecule has 0 amide bonds. The smallest absolute Gasteiger partial charge is 0.323 e. The Morgan fingerprint density at radius 3 is 1.30 bits per heavy atom. The average molecular weight is 352 g/mol. The second-order valence-corrected chi connectivity index (χ2v) is 8.59. The van der Waals surface area contributed by atoms with Crippen molar-refractivity contribution in [2.45, 2.75) is 110 Å². The van der Waals surface area contributed by atoms with Crippen LogP contribution in [0.2, 0.25) is 0 Å². The van der Waals surface area contributed by atoms with Gasteiger partial charge in [-0.05, 0) is 10.9 Å². The zero-order chi connectivity index (χ0) is 17.2. The van der Waals surface area contributed by atoms with E-state index in [-0.39, 0.29) is 6.16 Å². The van der Waals surface area contributed by atoms with E-state index in [0.29, 0.717) is 6.42 Å². The van der Waals surface area contributed by atoms with Gasteiger partial charge in [-0.1, -0.05) is 103 Å². The summed E-state index contributed by atoms with van der Waals surface area (Å²) in [6.07, 6.45) is 20.0. The van der Waals surface area contributed by atoms with E-state index in [1.54, 1.807) is 0 Å². The van der Waals surface area contributed by atoms with Crippen LogP contribution in [0.25, 0.3) is 0 Å². The van der Waals surface area contributed by atoms with E-state index in [0.717, 1.165) is 12.8 Å². The van der Waals surface area contributed by atoms with E-state index < -0.39 is 7.60 Å². The number of hydrogen-bond donors (Lipinski definition) is 1. The summed E-state index contributed by atoms with van der Waals surface area (Å²) < 4.78 is 25.6. The molecule has 0 aliphatic heterocycles. The molecule has 1 atom stereocenters. The zero-order valence-corrected chi connectivity index (χ0v) is 16.0. The van der Waals surface area contributed by atoms with Crippen molar-refractivity contribution in [1.82, 2.24) is 0 Å². The zero-order valence-electron chi connectivity index (χ0n) is 15.1. The first kappa shape index (κ1) is 23.1. The summed E-state index contributed by atoms with van der Waals surface area (Å²) in [5, 5.41) is 0. The van der Waals surface area contributed by atoms with Crippen molar-refractivity contribution in [2.24, 2.45) is 0 Å². The number of halogens is 1. The van der Waals surface area contributed by atoms with Gasteiger partial charge in [0, 0.05) is 0 Å². The molecule has 0 heterocycles. The Bertz CT molecular complexity index is 287. The van der Waals surface area contributed by atoms with E-state index in [1.807, 2.05) is 0 Å². The lowest BCUT2D eigenvalue weighted by Crippen LogP contribution is -1.90. The van der Waals surface area contributed by atoms with Crippen LogP contribution >= 0.6 is 7.60 Å². The van der Waals surface area contributed by atoms with Crippen LogP contribution in [0.1, 0.15) is 110 Å². The molecule has 3 nitrogen and oxygen atoms in total. The molecule has 0 spiro atoms. The highest BCUT2D eigenvalue weighted by Crippen LogP contribution is 2.43. The van der Waals surface area contributed by atoms with Crippen molar-refractivity contribution in [1.29, 1.82) is 0 Å². The fourth-order valence-electron chi connectivity index (χ4n) is 2.89. The first-order chi connectivity index (χ1) is 11.1. The van der Waals surface area contributed by atoms with Crippen molar-refractivity contribution in [3.8, 4) is 0 Å². The maximum atomic E-state index is 11.7. The summed E-state index contributed by atoms with van der Waals surface area (Å²) in [6, 6.07) is 0. The van der Waals surface area contributed by atoms with Crippen LogP contribution in [0.15, 0.2) is 0 Å². The number of rotatable bonds is 18. The molecule has 23 heavy (non-hydrogen) atoms. The Morgan fingerprint density at radius 2 is 1.00 bits per heavy atom. The van der Waals surface area contributed by atoms with Crippen molar-refractivity contribution >= 4 is 7.60 Å². The fraction of sp³-hybridized carbons (Fsp3) is 1.00. The molecular weight excluding hydrogens is 314 g/mol. The first-order valence-corrected chi connectivity index (χ1v) is 11.5. The van der Waals surface area contributed by atoms with Crippen LogP contribution in [0.5, 0.6) is 0 Å². The predicted molar refractivity (Wildman–Crippen MR) is 96.4 cm³/mol. The van der Waals surface area contributed by atoms with E-state index >= 15 is 0 Å². The fourth-order valence-corrected chi connectivity index (χ4v) is 3.59. The minimum Gasteiger partial charge on any atom is -0.323 e. The molecule has 140 valence electrons. The van der Waals surface area contributed by atoms with E-state index in [2.05, 4.69) is 11.7 Å². The van der Waals surface area contributed by atoms with Gasteiger partial charge >= 0.3 is 7.60 Å². The molecular formula is C18H38FO3P. The molecule has 0 saturated carbocycles. The van der Waals surface area contributed by atoms with Crippen LogP contribution in [-0.4, -0.2) is 11.1 Å². The third kappa shape index (κ3) is 18.3. The molecule has 0 rings (SSSR count). The van der Waals surface area contributed by atoms with Crippen LogP contribution in [-0.2, 0) is 9.29 Å². The summed E-state index contributed by atoms with van der Waals surface area (Å²) in [6.45, 7) is 2.26. The van der Waals surface area contributed by atoms with E-state index in [9.17, 15) is 9.09 Å². The van der Waals surface area contributed by atoms with E-state index in [1.165, 1.54) is 83.5 Å². The topological polar surface area (TPSA) is 46.5 Å². The first-order valence-electron chi connectivity index (χ1n) is 9.74. The Balaban J connectivity index is 3.07. The van der Waals surface area contributed by atoms with Gasteiger partial charge in [-0.3, -0.25) is 4.57 Å². The third-order valence-corrected chi connectivity index (χ3v) is 5.50. The van der Waals surface area contributed by atoms with Crippen molar-refractivity contribution < 1.29 is 18.7 Å². The SMILES string of the molecule is CCCCCCCCCCCCCCCCCCP(=O)(O)OF. The van der Waals surface area contributed by atoms with Gasteiger partial charge in [0.15, 0.2) is 0 Å². The predicted octanol–water partition coefficient (Wildman–Crippen LogP) is 7.33. The van der Waals surface area contributed by atoms with Crippen molar-refractivity contribution in [3.63, 3.8) is 0 Å². The largest absolute Gasteiger partial charge is 0.361 e. The molecule has 1 N–H and O–H groups in total. The molecule has 1 unspecified atom stereocenters. The summed E-state index contributed by atoms with van der Waals surface area (Å²) >= 11 is 0. The van der Waals surface area contributed by atoms with Gasteiger partial charge in [0.05, 0.1) is 6.16 Å². The van der Waals surface area contributed by atoms with Gasteiger partial charge in [-0.15, -0.1) is 4.73 Å². The van der Waals surface area contributed by atoms with Crippen LogP contribution in [0.3, 0.4) is 0 Å². The van der Waals surface area contributed by atoms with E-state index in [4.69, 9.17) is 4.89 Å². The second-order valence-electron chi connectivity index (χ2n) is 6.73. The van der Waals surface area contributed by atoms with Gasteiger partial charge in [-0.25, -0.2) is 0 Å². The summed E-state index contributed by atoms with van der Waals surface area (Å²) in [4.78, 5) is 8.90. The highest BCUT2D eigenvalue weighted by molar-refractivity contribution is 7.52. The molecule has 0 fully saturated rings. The van der Waals surface area contributed by atoms with Gasteiger partial charge in [-0.2, -0.15) is 0 Å². The molecule has 0 aliphatic rings. The highest BCUT2D eigenvalue weighted by atomic mass is 31.2. The molecule has 5 heteroatoms. The average Bonchev–Trinajstić information content (AvgIpc) is 2.54. The third-order valence-electron chi connectivity index (χ3n) is 4.40. The normalized spacial score (nSPS) is 14.0. The number of hydrogen-bond acceptors (Lipinski definition) is 2. The van der Waals surface area contributed by atoms with Gasteiger partial charge < -0.3 is 4.89 Å². The molecule has 0 aromatic carbocycles. The van der Waals surface area contributed by atoms with Crippen LogP contribution < -0.4 is 0 Å². The molecule has 0 aromatic heterocycles. The monoisotopic (exact) mass is 352 g/mol. The van der Waals surface area contributed by atoms with Gasteiger partial charge in [0.25, 0.3) is 0 Å². The standard InChI is InChI=1S/C18H38FO3P/c1-2-3-4-5-6-7-8-9-10-11-12-13-14-15-16-17-18-23(20,21)22-19/h2-18H2,1H3,(H,20,21). The van der Waals surface area contributed by atoms with Crippen LogP contribution in [0.4, 0.5) is 4.53 Å². The lowest BCUT2D eigenvalue weighted by atomic mass is 10.0. The second kappa shape index (κ2) is 16.9. The summed E-state index contributed by atoms with van der Waals surface area (Å²) in [5.41, 5.74) is 0. The lowest BCUT2D eigenvalue weighted by molar-refractivity contribution is -0.0189. The highest BCUT2D eigenvalue weighted by Gasteiger charge is 2.18. The molecule has 0 aromatic rings. The van der Waals surface area contributed by atoms with Gasteiger partial charge in [0.2, 0.25) is 0 Å². The summed E-state index contributed by atoms with van der Waals surface area (Å²) in [5.74, 6) is 0. The van der Waals surface area contributed by atoms with Crippen molar-refractivity contribution in [3.05, 3.63) is 0 Å². The Hall–Kier alpha value is 0.0800. The molecule has 0 saturated heterocycles. The maximum absolute atomic E-state index is 11.7. The van der Waals surface area contributed by atoms with Crippen molar-refractivity contribution in [2.75, 3.05) is 6.16 Å². The number of unbranched alkanes of at least 4 members (excludes halogenated alkanes) is 15. The minimum atomic E-state index is -3.93. The molecule has 0 radical (unpaired) electrons. The van der Waals surface area contributed by atoms with Crippen LogP contribution in [0, 0.1) is 0 Å². The Morgan fingerprint density at radius 1 is 0.696 bits per heavy atom. The maximum Gasteiger partial charge on any atom is 0.361 e. The summed E-state index contributed by atoms with van der Waals surface area (Å²) in [7, 11) is -3.93. The molecule has 0 aliphatic carbocycles.